The molecule has 0 aliphatic heterocycles. The Morgan fingerprint density at radius 2 is 2.00 bits per heavy atom. The molecule has 2 fully saturated rings. The van der Waals surface area contributed by atoms with Gasteiger partial charge >= 0.3 is 0 Å². The van der Waals surface area contributed by atoms with Crippen molar-refractivity contribution >= 4 is 0 Å². The lowest BCUT2D eigenvalue weighted by Crippen LogP contribution is -2.38. The number of aliphatic hydroxyl groups is 1. The van der Waals surface area contributed by atoms with E-state index in [1.807, 2.05) is 37.3 Å². The van der Waals surface area contributed by atoms with Gasteiger partial charge in [0.1, 0.15) is 0 Å². The molecule has 0 heterocycles. The summed E-state index contributed by atoms with van der Waals surface area (Å²) in [6, 6.07) is 9.96. The highest BCUT2D eigenvalue weighted by molar-refractivity contribution is 5.21. The first-order chi connectivity index (χ1) is 9.15. The van der Waals surface area contributed by atoms with E-state index in [-0.39, 0.29) is 0 Å². The molecule has 104 valence electrons. The maximum atomic E-state index is 10.5. The summed E-state index contributed by atoms with van der Waals surface area (Å²) < 4.78 is 0. The van der Waals surface area contributed by atoms with Gasteiger partial charge in [0.2, 0.25) is 0 Å². The minimum absolute atomic E-state index is 0.644. The highest BCUT2D eigenvalue weighted by Crippen LogP contribution is 2.47. The van der Waals surface area contributed by atoms with E-state index < -0.39 is 5.60 Å². The third-order valence-corrected chi connectivity index (χ3v) is 5.16. The third-order valence-electron chi connectivity index (χ3n) is 5.16. The Balaban J connectivity index is 1.49. The van der Waals surface area contributed by atoms with Crippen LogP contribution in [0.4, 0.5) is 0 Å². The van der Waals surface area contributed by atoms with Crippen molar-refractivity contribution in [2.45, 2.75) is 38.2 Å². The van der Waals surface area contributed by atoms with E-state index >= 15 is 0 Å². The Kier molecular flexibility index (Phi) is 3.64. The van der Waals surface area contributed by atoms with Crippen LogP contribution < -0.4 is 5.32 Å². The summed E-state index contributed by atoms with van der Waals surface area (Å²) in [6.45, 7) is 3.62. The molecule has 0 saturated heterocycles. The molecule has 2 nitrogen and oxygen atoms in total. The number of rotatable bonds is 5. The molecule has 0 aromatic heterocycles. The first-order valence-corrected chi connectivity index (χ1v) is 7.64. The van der Waals surface area contributed by atoms with Gasteiger partial charge in [-0.15, -0.1) is 0 Å². The molecule has 0 amide bonds. The van der Waals surface area contributed by atoms with Crippen molar-refractivity contribution < 1.29 is 5.11 Å². The van der Waals surface area contributed by atoms with Gasteiger partial charge in [0.15, 0.2) is 0 Å². The van der Waals surface area contributed by atoms with Crippen LogP contribution in [0, 0.1) is 17.8 Å². The van der Waals surface area contributed by atoms with E-state index in [1.165, 1.54) is 25.7 Å². The average Bonchev–Trinajstić information content (AvgIpc) is 3.02. The molecule has 1 aromatic carbocycles. The van der Waals surface area contributed by atoms with Gasteiger partial charge in [-0.25, -0.2) is 0 Å². The van der Waals surface area contributed by atoms with Gasteiger partial charge in [-0.3, -0.25) is 0 Å². The average molecular weight is 259 g/mol. The Hall–Kier alpha value is -0.860. The predicted octanol–water partition coefficient (Wildman–Crippen LogP) is 2.92. The first-order valence-electron chi connectivity index (χ1n) is 7.64. The predicted molar refractivity (Wildman–Crippen MR) is 77.8 cm³/mol. The van der Waals surface area contributed by atoms with E-state index in [0.717, 1.165) is 29.9 Å². The van der Waals surface area contributed by atoms with E-state index in [2.05, 4.69) is 5.32 Å². The van der Waals surface area contributed by atoms with Crippen LogP contribution in [0.5, 0.6) is 0 Å². The van der Waals surface area contributed by atoms with Crippen LogP contribution in [0.2, 0.25) is 0 Å². The number of hydrogen-bond donors (Lipinski definition) is 2. The summed E-state index contributed by atoms with van der Waals surface area (Å²) in [7, 11) is 0. The molecule has 1 aromatic rings. The van der Waals surface area contributed by atoms with E-state index in [1.54, 1.807) is 0 Å². The van der Waals surface area contributed by atoms with Crippen LogP contribution in [0.1, 0.15) is 38.2 Å². The Labute approximate surface area is 116 Å². The molecule has 0 radical (unpaired) electrons. The molecule has 2 N–H and O–H groups in total. The highest BCUT2D eigenvalue weighted by atomic mass is 16.3. The molecule has 4 unspecified atom stereocenters. The number of hydrogen-bond acceptors (Lipinski definition) is 2. The molecular weight excluding hydrogens is 234 g/mol. The van der Waals surface area contributed by atoms with Crippen molar-refractivity contribution in [1.29, 1.82) is 0 Å². The third kappa shape index (κ3) is 2.85. The molecule has 0 spiro atoms. The van der Waals surface area contributed by atoms with E-state index in [0.29, 0.717) is 6.54 Å². The minimum Gasteiger partial charge on any atom is -0.384 e. The maximum absolute atomic E-state index is 10.5. The molecule has 3 rings (SSSR count). The van der Waals surface area contributed by atoms with Gasteiger partial charge in [-0.1, -0.05) is 36.8 Å². The van der Waals surface area contributed by atoms with Gasteiger partial charge in [0, 0.05) is 6.54 Å². The zero-order valence-electron chi connectivity index (χ0n) is 11.8. The van der Waals surface area contributed by atoms with Crippen LogP contribution in [0.15, 0.2) is 30.3 Å². The van der Waals surface area contributed by atoms with Crippen molar-refractivity contribution in [3.8, 4) is 0 Å². The van der Waals surface area contributed by atoms with Crippen LogP contribution in [-0.4, -0.2) is 18.2 Å². The first kappa shape index (κ1) is 13.1. The molecule has 2 aliphatic rings. The molecule has 2 heteroatoms. The zero-order valence-corrected chi connectivity index (χ0v) is 11.8. The molecule has 2 bridgehead atoms. The fourth-order valence-corrected chi connectivity index (χ4v) is 4.03. The summed E-state index contributed by atoms with van der Waals surface area (Å²) in [6.07, 6.45) is 5.77. The van der Waals surface area contributed by atoms with Crippen molar-refractivity contribution in [3.05, 3.63) is 35.9 Å². The minimum atomic E-state index is -0.765. The van der Waals surface area contributed by atoms with Crippen molar-refractivity contribution in [2.24, 2.45) is 17.8 Å². The topological polar surface area (TPSA) is 32.3 Å². The fourth-order valence-electron chi connectivity index (χ4n) is 4.03. The van der Waals surface area contributed by atoms with Crippen molar-refractivity contribution in [3.63, 3.8) is 0 Å². The number of fused-ring (bicyclic) bond motifs is 2. The maximum Gasteiger partial charge on any atom is 0.0992 e. The van der Waals surface area contributed by atoms with Gasteiger partial charge in [0.25, 0.3) is 0 Å². The van der Waals surface area contributed by atoms with E-state index in [4.69, 9.17) is 0 Å². The largest absolute Gasteiger partial charge is 0.384 e. The summed E-state index contributed by atoms with van der Waals surface area (Å²) >= 11 is 0. The van der Waals surface area contributed by atoms with Crippen LogP contribution in [0.3, 0.4) is 0 Å². The monoisotopic (exact) mass is 259 g/mol. The Morgan fingerprint density at radius 3 is 2.63 bits per heavy atom. The van der Waals surface area contributed by atoms with Gasteiger partial charge in [0.05, 0.1) is 5.60 Å². The highest BCUT2D eigenvalue weighted by Gasteiger charge is 2.39. The number of benzene rings is 1. The van der Waals surface area contributed by atoms with E-state index in [9.17, 15) is 5.11 Å². The Bertz CT molecular complexity index is 415. The molecule has 19 heavy (non-hydrogen) atoms. The van der Waals surface area contributed by atoms with Crippen LogP contribution in [-0.2, 0) is 5.60 Å². The van der Waals surface area contributed by atoms with Gasteiger partial charge in [-0.05, 0) is 56.0 Å². The Morgan fingerprint density at radius 1 is 1.21 bits per heavy atom. The SMILES string of the molecule is CC(O)(CNCC1CC2CCC1C2)c1ccccc1. The van der Waals surface area contributed by atoms with Crippen molar-refractivity contribution in [1.82, 2.24) is 5.32 Å². The number of nitrogens with one attached hydrogen (secondary N) is 1. The summed E-state index contributed by atoms with van der Waals surface area (Å²) in [5.41, 5.74) is 0.231. The van der Waals surface area contributed by atoms with Crippen LogP contribution in [0.25, 0.3) is 0 Å². The fraction of sp³-hybridized carbons (Fsp3) is 0.647. The zero-order chi connectivity index (χ0) is 13.3. The van der Waals surface area contributed by atoms with Gasteiger partial charge < -0.3 is 10.4 Å². The second-order valence-corrected chi connectivity index (χ2v) is 6.71. The lowest BCUT2D eigenvalue weighted by atomic mass is 9.88. The summed E-state index contributed by atoms with van der Waals surface area (Å²) in [5, 5.41) is 14.0. The normalized spacial score (nSPS) is 32.4. The molecule has 4 atom stereocenters. The molecule has 2 saturated carbocycles. The lowest BCUT2D eigenvalue weighted by Gasteiger charge is -2.27. The summed E-state index contributed by atoms with van der Waals surface area (Å²) in [5.74, 6) is 2.82. The summed E-state index contributed by atoms with van der Waals surface area (Å²) in [4.78, 5) is 0. The quantitative estimate of drug-likeness (QED) is 0.852. The smallest absolute Gasteiger partial charge is 0.0992 e. The second-order valence-electron chi connectivity index (χ2n) is 6.71. The molecular formula is C17H25NO. The van der Waals surface area contributed by atoms with Crippen molar-refractivity contribution in [2.75, 3.05) is 13.1 Å². The van der Waals surface area contributed by atoms with Gasteiger partial charge in [-0.2, -0.15) is 0 Å². The second kappa shape index (κ2) is 5.26. The van der Waals surface area contributed by atoms with Crippen LogP contribution >= 0.6 is 0 Å². The molecule has 2 aliphatic carbocycles. The lowest BCUT2D eigenvalue weighted by molar-refractivity contribution is 0.0552. The standard InChI is InChI=1S/C17H25NO/c1-17(19,16-5-3-2-4-6-16)12-18-11-15-10-13-7-8-14(15)9-13/h2-6,13-15,18-19H,7-12H2,1H3.